The lowest BCUT2D eigenvalue weighted by molar-refractivity contribution is 0.397. The summed E-state index contributed by atoms with van der Waals surface area (Å²) in [7, 11) is 3.67. The largest absolute Gasteiger partial charge is 0.508 e. The van der Waals surface area contributed by atoms with Crippen LogP contribution >= 0.6 is 0 Å². The van der Waals surface area contributed by atoms with Crippen molar-refractivity contribution in [1.29, 1.82) is 0 Å². The van der Waals surface area contributed by atoms with Crippen LogP contribution in [0.3, 0.4) is 0 Å². The fourth-order valence-electron chi connectivity index (χ4n) is 3.21. The Labute approximate surface area is 146 Å². The van der Waals surface area contributed by atoms with Crippen LogP contribution in [-0.4, -0.2) is 35.3 Å². The van der Waals surface area contributed by atoms with Crippen molar-refractivity contribution in [1.82, 2.24) is 9.97 Å². The van der Waals surface area contributed by atoms with Crippen LogP contribution in [0.5, 0.6) is 11.5 Å². The number of hydrogen-bond acceptors (Lipinski definition) is 5. The first-order valence-electron chi connectivity index (χ1n) is 8.53. The molecule has 0 unspecified atom stereocenters. The molecule has 0 aliphatic heterocycles. The normalized spacial score (nSPS) is 14.3. The predicted molar refractivity (Wildman–Crippen MR) is 99.2 cm³/mol. The van der Waals surface area contributed by atoms with E-state index in [1.165, 1.54) is 19.3 Å². The second kappa shape index (κ2) is 6.24. The second-order valence-electron chi connectivity index (χ2n) is 6.52. The van der Waals surface area contributed by atoms with Crippen LogP contribution in [0.4, 0.5) is 5.95 Å². The van der Waals surface area contributed by atoms with Gasteiger partial charge in [-0.15, -0.1) is 0 Å². The molecule has 1 aromatic heterocycles. The zero-order valence-corrected chi connectivity index (χ0v) is 14.4. The zero-order valence-electron chi connectivity index (χ0n) is 14.4. The summed E-state index contributed by atoms with van der Waals surface area (Å²) in [5, 5.41) is 10.7. The number of ether oxygens (including phenoxy) is 1. The first-order valence-corrected chi connectivity index (χ1v) is 8.53. The molecule has 0 spiro atoms. The molecule has 1 aliphatic rings. The number of phenolic OH excluding ortho intramolecular Hbond substituents is 1. The van der Waals surface area contributed by atoms with Crippen LogP contribution in [0.2, 0.25) is 0 Å². The van der Waals surface area contributed by atoms with Crippen LogP contribution in [0.25, 0.3) is 22.0 Å². The Morgan fingerprint density at radius 3 is 2.72 bits per heavy atom. The van der Waals surface area contributed by atoms with Crippen molar-refractivity contribution in [3.8, 4) is 22.6 Å². The van der Waals surface area contributed by atoms with Crippen molar-refractivity contribution in [2.24, 2.45) is 0 Å². The van der Waals surface area contributed by atoms with E-state index in [0.29, 0.717) is 11.8 Å². The molecule has 0 amide bonds. The summed E-state index contributed by atoms with van der Waals surface area (Å²) in [4.78, 5) is 11.5. The van der Waals surface area contributed by atoms with E-state index in [4.69, 9.17) is 9.72 Å². The van der Waals surface area contributed by atoms with Gasteiger partial charge in [-0.1, -0.05) is 12.1 Å². The lowest BCUT2D eigenvalue weighted by Crippen LogP contribution is -2.38. The maximum atomic E-state index is 9.66. The molecule has 1 heterocycles. The molecule has 25 heavy (non-hydrogen) atoms. The summed E-state index contributed by atoms with van der Waals surface area (Å²) in [6, 6.07) is 11.8. The number of aromatic hydroxyl groups is 1. The van der Waals surface area contributed by atoms with Gasteiger partial charge in [-0.05, 0) is 43.0 Å². The molecule has 5 nitrogen and oxygen atoms in total. The van der Waals surface area contributed by atoms with Crippen molar-refractivity contribution >= 4 is 16.9 Å². The maximum absolute atomic E-state index is 9.66. The third kappa shape index (κ3) is 2.86. The Balaban J connectivity index is 1.76. The average Bonchev–Trinajstić information content (AvgIpc) is 2.59. The van der Waals surface area contributed by atoms with Crippen LogP contribution in [0.15, 0.2) is 42.6 Å². The van der Waals surface area contributed by atoms with Gasteiger partial charge in [0.15, 0.2) is 0 Å². The van der Waals surface area contributed by atoms with Crippen molar-refractivity contribution in [3.05, 3.63) is 42.6 Å². The average molecular weight is 335 g/mol. The predicted octanol–water partition coefficient (Wildman–Crippen LogP) is 4.00. The highest BCUT2D eigenvalue weighted by molar-refractivity contribution is 5.86. The molecule has 0 bridgehead atoms. The van der Waals surface area contributed by atoms with Gasteiger partial charge in [-0.25, -0.2) is 9.97 Å². The van der Waals surface area contributed by atoms with Gasteiger partial charge in [0.05, 0.1) is 12.6 Å². The summed E-state index contributed by atoms with van der Waals surface area (Å²) in [5.74, 6) is 1.60. The number of anilines is 1. The smallest absolute Gasteiger partial charge is 0.225 e. The molecule has 0 atom stereocenters. The SMILES string of the molecule is COc1cc(O)ccc1-c1ccc2cnc(N(C)C3CCC3)nc2c1. The molecule has 1 aliphatic carbocycles. The molecule has 4 rings (SSSR count). The summed E-state index contributed by atoms with van der Waals surface area (Å²) in [6.45, 7) is 0. The molecule has 0 saturated heterocycles. The first-order chi connectivity index (χ1) is 12.2. The van der Waals surface area contributed by atoms with Crippen LogP contribution in [0, 0.1) is 0 Å². The summed E-state index contributed by atoms with van der Waals surface area (Å²) < 4.78 is 5.41. The topological polar surface area (TPSA) is 58.5 Å². The van der Waals surface area contributed by atoms with Crippen molar-refractivity contribution < 1.29 is 9.84 Å². The molecule has 0 radical (unpaired) electrons. The van der Waals surface area contributed by atoms with E-state index < -0.39 is 0 Å². The van der Waals surface area contributed by atoms with Gasteiger partial charge in [0.2, 0.25) is 5.95 Å². The number of nitrogens with zero attached hydrogens (tertiary/aromatic N) is 3. The number of methoxy groups -OCH3 is 1. The fraction of sp³-hybridized carbons (Fsp3) is 0.300. The van der Waals surface area contributed by atoms with E-state index in [2.05, 4.69) is 16.9 Å². The zero-order chi connectivity index (χ0) is 17.4. The van der Waals surface area contributed by atoms with Crippen molar-refractivity contribution in [2.45, 2.75) is 25.3 Å². The van der Waals surface area contributed by atoms with Gasteiger partial charge in [0, 0.05) is 36.3 Å². The highest BCUT2D eigenvalue weighted by Crippen LogP contribution is 2.34. The Morgan fingerprint density at radius 2 is 2.00 bits per heavy atom. The van der Waals surface area contributed by atoms with Gasteiger partial charge in [0.25, 0.3) is 0 Å². The molecule has 3 aromatic rings. The maximum Gasteiger partial charge on any atom is 0.225 e. The molecule has 1 fully saturated rings. The summed E-state index contributed by atoms with van der Waals surface area (Å²) >= 11 is 0. The number of fused-ring (bicyclic) bond motifs is 1. The Morgan fingerprint density at radius 1 is 1.16 bits per heavy atom. The standard InChI is InChI=1S/C20H21N3O2/c1-23(15-4-3-5-15)20-21-12-14-7-6-13(10-18(14)22-20)17-9-8-16(24)11-19(17)25-2/h6-12,15,24H,3-5H2,1-2H3. The highest BCUT2D eigenvalue weighted by atomic mass is 16.5. The lowest BCUT2D eigenvalue weighted by Gasteiger charge is -2.34. The Bertz CT molecular complexity index is 922. The van der Waals surface area contributed by atoms with E-state index in [-0.39, 0.29) is 5.75 Å². The van der Waals surface area contributed by atoms with E-state index in [1.807, 2.05) is 30.5 Å². The van der Waals surface area contributed by atoms with Gasteiger partial charge < -0.3 is 14.7 Å². The molecule has 128 valence electrons. The van der Waals surface area contributed by atoms with Crippen molar-refractivity contribution in [3.63, 3.8) is 0 Å². The summed E-state index contributed by atoms with van der Waals surface area (Å²) in [6.07, 6.45) is 5.59. The third-order valence-electron chi connectivity index (χ3n) is 5.00. The van der Waals surface area contributed by atoms with Crippen molar-refractivity contribution in [2.75, 3.05) is 19.1 Å². The highest BCUT2D eigenvalue weighted by Gasteiger charge is 2.23. The minimum Gasteiger partial charge on any atom is -0.508 e. The number of hydrogen-bond donors (Lipinski definition) is 1. The molecule has 5 heteroatoms. The first kappa shape index (κ1) is 15.7. The lowest BCUT2D eigenvalue weighted by atomic mass is 9.92. The number of phenols is 1. The Kier molecular flexibility index (Phi) is 3.92. The van der Waals surface area contributed by atoms with Crippen LogP contribution in [0.1, 0.15) is 19.3 Å². The van der Waals surface area contributed by atoms with Gasteiger partial charge in [-0.3, -0.25) is 0 Å². The minimum absolute atomic E-state index is 0.188. The van der Waals surface area contributed by atoms with Crippen LogP contribution in [-0.2, 0) is 0 Å². The second-order valence-corrected chi connectivity index (χ2v) is 6.52. The van der Waals surface area contributed by atoms with E-state index in [1.54, 1.807) is 19.2 Å². The van der Waals surface area contributed by atoms with E-state index in [0.717, 1.165) is 28.0 Å². The van der Waals surface area contributed by atoms with Gasteiger partial charge in [0.1, 0.15) is 11.5 Å². The molecular formula is C20H21N3O2. The van der Waals surface area contributed by atoms with Gasteiger partial charge >= 0.3 is 0 Å². The minimum atomic E-state index is 0.188. The van der Waals surface area contributed by atoms with E-state index in [9.17, 15) is 5.11 Å². The number of benzene rings is 2. The monoisotopic (exact) mass is 335 g/mol. The Hall–Kier alpha value is -2.82. The molecule has 1 saturated carbocycles. The molecule has 1 N–H and O–H groups in total. The molecule has 2 aromatic carbocycles. The fourth-order valence-corrected chi connectivity index (χ4v) is 3.21. The quantitative estimate of drug-likeness (QED) is 0.781. The van der Waals surface area contributed by atoms with E-state index >= 15 is 0 Å². The third-order valence-corrected chi connectivity index (χ3v) is 5.00. The van der Waals surface area contributed by atoms with Crippen LogP contribution < -0.4 is 9.64 Å². The van der Waals surface area contributed by atoms with Gasteiger partial charge in [-0.2, -0.15) is 0 Å². The number of aromatic nitrogens is 2. The summed E-state index contributed by atoms with van der Waals surface area (Å²) in [5.41, 5.74) is 2.83. The number of rotatable bonds is 4. The molecular weight excluding hydrogens is 314 g/mol.